The van der Waals surface area contributed by atoms with Crippen LogP contribution in [0.2, 0.25) is 0 Å². The van der Waals surface area contributed by atoms with Crippen molar-refractivity contribution in [2.24, 2.45) is 0 Å². The number of pyridine rings is 1. The number of fused-ring (bicyclic) bond motifs is 7. The van der Waals surface area contributed by atoms with E-state index in [0.717, 1.165) is 33.1 Å². The second-order valence-electron chi connectivity index (χ2n) is 12.1. The van der Waals surface area contributed by atoms with Gasteiger partial charge in [-0.3, -0.25) is 0 Å². The molecule has 3 heterocycles. The third kappa shape index (κ3) is 3.40. The molecule has 210 valence electrons. The van der Waals surface area contributed by atoms with Gasteiger partial charge in [-0.25, -0.2) is 0 Å². The lowest BCUT2D eigenvalue weighted by Gasteiger charge is -2.41. The molecule has 0 spiro atoms. The van der Waals surface area contributed by atoms with Crippen LogP contribution < -0.4 is 4.57 Å². The second-order valence-corrected chi connectivity index (χ2v) is 12.1. The molecule has 7 aromatic rings. The summed E-state index contributed by atoms with van der Waals surface area (Å²) >= 11 is 0. The molecule has 0 saturated carbocycles. The third-order valence-electron chi connectivity index (χ3n) is 9.94. The van der Waals surface area contributed by atoms with Gasteiger partial charge in [-0.15, -0.1) is 0 Å². The maximum absolute atomic E-state index is 17.4. The molecule has 42 heavy (non-hydrogen) atoms. The number of hydrogen-bond donors (Lipinski definition) is 0. The van der Waals surface area contributed by atoms with Crippen LogP contribution >= 0.6 is 0 Å². The van der Waals surface area contributed by atoms with Crippen LogP contribution in [-0.4, -0.2) is 4.40 Å². The van der Waals surface area contributed by atoms with Crippen LogP contribution in [0.15, 0.2) is 103 Å². The Hall–Kier alpha value is -4.24. The van der Waals surface area contributed by atoms with Crippen molar-refractivity contribution in [3.8, 4) is 11.1 Å². The molecule has 0 aliphatic carbocycles. The van der Waals surface area contributed by atoms with Gasteiger partial charge in [0, 0.05) is 17.7 Å². The van der Waals surface area contributed by atoms with Gasteiger partial charge in [-0.1, -0.05) is 119 Å². The van der Waals surface area contributed by atoms with Crippen molar-refractivity contribution < 1.29 is 8.96 Å². The summed E-state index contributed by atoms with van der Waals surface area (Å²) in [5.74, 6) is -1.61. The number of alkyl halides is 1. The van der Waals surface area contributed by atoms with Crippen molar-refractivity contribution in [1.29, 1.82) is 0 Å². The summed E-state index contributed by atoms with van der Waals surface area (Å²) < 4.78 is 21.7. The molecular weight excluding hydrogens is 515 g/mol. The number of unbranched alkanes of at least 4 members (excludes halogenated alkanes) is 1. The lowest BCUT2D eigenvalue weighted by molar-refractivity contribution is -0.759. The lowest BCUT2D eigenvalue weighted by Crippen LogP contribution is -2.64. The first-order valence-electron chi connectivity index (χ1n) is 15.4. The second kappa shape index (κ2) is 9.66. The fourth-order valence-electron chi connectivity index (χ4n) is 7.21. The van der Waals surface area contributed by atoms with Gasteiger partial charge in [0.15, 0.2) is 11.0 Å². The molecule has 0 fully saturated rings. The Morgan fingerprint density at radius 3 is 2.02 bits per heavy atom. The van der Waals surface area contributed by atoms with Gasteiger partial charge in [0.25, 0.3) is 11.4 Å². The topological polar surface area (TPSA) is 8.29 Å². The van der Waals surface area contributed by atoms with Crippen LogP contribution in [0, 0.1) is 0 Å². The van der Waals surface area contributed by atoms with Crippen molar-refractivity contribution in [2.45, 2.75) is 65.1 Å². The van der Waals surface area contributed by atoms with E-state index in [2.05, 4.69) is 129 Å². The molecule has 0 amide bonds. The molecule has 0 N–H and O–H groups in total. The van der Waals surface area contributed by atoms with E-state index in [1.54, 1.807) is 6.92 Å². The van der Waals surface area contributed by atoms with E-state index in [1.165, 1.54) is 45.5 Å². The molecule has 2 atom stereocenters. The Bertz CT molecular complexity index is 2140. The first-order valence-corrected chi connectivity index (χ1v) is 15.4. The largest absolute Gasteiger partial charge is 0.298 e. The lowest BCUT2D eigenvalue weighted by atomic mass is 9.68. The summed E-state index contributed by atoms with van der Waals surface area (Å²) in [4.78, 5) is 0. The van der Waals surface area contributed by atoms with Gasteiger partial charge in [0.2, 0.25) is 0 Å². The van der Waals surface area contributed by atoms with E-state index in [1.807, 2.05) is 10.6 Å². The summed E-state index contributed by atoms with van der Waals surface area (Å²) in [6, 6.07) is 36.4. The van der Waals surface area contributed by atoms with Crippen LogP contribution in [0.25, 0.3) is 60.3 Å². The van der Waals surface area contributed by atoms with Crippen molar-refractivity contribution in [1.82, 2.24) is 4.40 Å². The average molecular weight is 554 g/mol. The monoisotopic (exact) mass is 553 g/mol. The Labute approximate surface area is 247 Å². The highest BCUT2D eigenvalue weighted by atomic mass is 19.1. The maximum atomic E-state index is 17.4. The predicted octanol–water partition coefficient (Wildman–Crippen LogP) is 10.6. The zero-order valence-electron chi connectivity index (χ0n) is 25.2. The minimum absolute atomic E-state index is 0.688. The fourth-order valence-corrected chi connectivity index (χ4v) is 7.21. The van der Waals surface area contributed by atoms with Gasteiger partial charge < -0.3 is 0 Å². The van der Waals surface area contributed by atoms with E-state index in [4.69, 9.17) is 0 Å². The number of aromatic nitrogens is 2. The maximum Gasteiger partial charge on any atom is 0.298 e. The normalized spacial score (nSPS) is 19.7. The summed E-state index contributed by atoms with van der Waals surface area (Å²) in [6.07, 6.45) is 3.33. The number of rotatable bonds is 3. The molecule has 5 aromatic carbocycles. The molecule has 0 radical (unpaired) electrons. The summed E-state index contributed by atoms with van der Waals surface area (Å²) in [5, 5.41) is 6.00. The van der Waals surface area contributed by atoms with Crippen LogP contribution in [0.3, 0.4) is 0 Å². The van der Waals surface area contributed by atoms with Crippen LogP contribution in [-0.2, 0) is 11.2 Å². The number of benzene rings is 5. The highest BCUT2D eigenvalue weighted by molar-refractivity contribution is 6.21. The van der Waals surface area contributed by atoms with Crippen LogP contribution in [0.5, 0.6) is 0 Å². The standard InChI is InChI=1S/C35H28FN2.C4H10/c1-4-34(2)27-21-20-25(24-16-11-13-22-12-5-6-14-23(22)24)31-26-15-7-8-17-28(26)37-29-18-9-10-19-30(29)38(35(34,3)36)33(37)32(27)31;1-3-4-2/h5-21H,4H2,1-3H3;3-4H2,1-2H3/q+1;/t34?,35-;/m1./s1. The molecule has 0 saturated heterocycles. The minimum atomic E-state index is -1.61. The summed E-state index contributed by atoms with van der Waals surface area (Å²) in [7, 11) is 0. The van der Waals surface area contributed by atoms with Crippen molar-refractivity contribution in [3.63, 3.8) is 0 Å². The molecule has 2 nitrogen and oxygen atoms in total. The van der Waals surface area contributed by atoms with Crippen molar-refractivity contribution >= 4 is 49.1 Å². The number of imidazole rings is 1. The van der Waals surface area contributed by atoms with E-state index in [0.29, 0.717) is 6.42 Å². The molecule has 2 aromatic heterocycles. The molecule has 3 heteroatoms. The van der Waals surface area contributed by atoms with Crippen LogP contribution in [0.1, 0.15) is 59.4 Å². The average Bonchev–Trinajstić information content (AvgIpc) is 3.40. The highest BCUT2D eigenvalue weighted by Crippen LogP contribution is 2.52. The molecule has 8 rings (SSSR count). The number of para-hydroxylation sites is 3. The number of nitrogens with zero attached hydrogens (tertiary/aromatic N) is 2. The third-order valence-corrected chi connectivity index (χ3v) is 9.94. The molecule has 1 aliphatic heterocycles. The first-order chi connectivity index (χ1) is 20.4. The Balaban J connectivity index is 0.000000680. The predicted molar refractivity (Wildman–Crippen MR) is 176 cm³/mol. The van der Waals surface area contributed by atoms with Gasteiger partial charge in [0.1, 0.15) is 5.52 Å². The first kappa shape index (κ1) is 26.6. The van der Waals surface area contributed by atoms with Gasteiger partial charge in [0.05, 0.1) is 10.8 Å². The fraction of sp³-hybridized carbons (Fsp3) is 0.256. The van der Waals surface area contributed by atoms with Gasteiger partial charge in [-0.05, 0) is 59.0 Å². The number of hydrogen-bond acceptors (Lipinski definition) is 0. The quantitative estimate of drug-likeness (QED) is 0.152. The SMILES string of the molecule is CCC1(C)c2ccc(-c3cccc4ccccc34)c3c4ccccc4n4c5ccccc5[n+](c4c23)[C@@]1(C)F.CCCC. The van der Waals surface area contributed by atoms with E-state index in [-0.39, 0.29) is 0 Å². The molecule has 1 aliphatic rings. The summed E-state index contributed by atoms with van der Waals surface area (Å²) in [5.41, 5.74) is 6.78. The minimum Gasteiger partial charge on any atom is -0.193 e. The van der Waals surface area contributed by atoms with E-state index in [9.17, 15) is 0 Å². The zero-order valence-corrected chi connectivity index (χ0v) is 25.2. The van der Waals surface area contributed by atoms with E-state index < -0.39 is 11.2 Å². The Morgan fingerprint density at radius 1 is 0.643 bits per heavy atom. The van der Waals surface area contributed by atoms with Gasteiger partial charge >= 0.3 is 0 Å². The van der Waals surface area contributed by atoms with Crippen molar-refractivity contribution in [3.05, 3.63) is 109 Å². The number of halogens is 1. The smallest absolute Gasteiger partial charge is 0.193 e. The van der Waals surface area contributed by atoms with E-state index >= 15 is 4.39 Å². The van der Waals surface area contributed by atoms with Gasteiger partial charge in [-0.2, -0.15) is 13.4 Å². The summed E-state index contributed by atoms with van der Waals surface area (Å²) in [6.45, 7) is 10.3. The highest BCUT2D eigenvalue weighted by Gasteiger charge is 2.57. The molecule has 1 unspecified atom stereocenters. The molecular formula is C39H38FN2+. The Morgan fingerprint density at radius 2 is 1.29 bits per heavy atom. The van der Waals surface area contributed by atoms with Crippen LogP contribution in [0.4, 0.5) is 4.39 Å². The van der Waals surface area contributed by atoms with Crippen molar-refractivity contribution in [2.75, 3.05) is 0 Å². The Kier molecular flexibility index (Phi) is 6.13. The molecule has 0 bridgehead atoms. The zero-order chi connectivity index (χ0) is 29.2.